The minimum absolute atomic E-state index is 0.111. The van der Waals surface area contributed by atoms with E-state index >= 15 is 0 Å². The van der Waals surface area contributed by atoms with Crippen molar-refractivity contribution in [2.45, 2.75) is 59.5 Å². The molecule has 0 saturated carbocycles. The number of aromatic nitrogens is 2. The molecule has 1 saturated heterocycles. The van der Waals surface area contributed by atoms with Crippen LogP contribution in [-0.2, 0) is 6.54 Å². The van der Waals surface area contributed by atoms with Crippen molar-refractivity contribution in [2.24, 2.45) is 5.92 Å². The third-order valence-corrected chi connectivity index (χ3v) is 4.69. The van der Waals surface area contributed by atoms with E-state index in [9.17, 15) is 9.59 Å². The summed E-state index contributed by atoms with van der Waals surface area (Å²) in [6.07, 6.45) is 4.64. The van der Waals surface area contributed by atoms with Gasteiger partial charge in [-0.25, -0.2) is 4.98 Å². The number of fused-ring (bicyclic) bond motifs is 1. The molecule has 2 aromatic rings. The summed E-state index contributed by atoms with van der Waals surface area (Å²) >= 11 is 0. The molecule has 0 N–H and O–H groups in total. The number of nitrogens with zero attached hydrogens (tertiary/aromatic N) is 3. The minimum Gasteiger partial charge on any atom is -0.442 e. The maximum absolute atomic E-state index is 13.1. The van der Waals surface area contributed by atoms with Crippen LogP contribution in [0.5, 0.6) is 0 Å². The van der Waals surface area contributed by atoms with E-state index in [0.717, 1.165) is 25.8 Å². The number of hydrogen-bond donors (Lipinski definition) is 0. The lowest BCUT2D eigenvalue weighted by atomic mass is 10.0. The van der Waals surface area contributed by atoms with Crippen molar-refractivity contribution in [3.05, 3.63) is 28.0 Å². The van der Waals surface area contributed by atoms with E-state index in [2.05, 4.69) is 11.9 Å². The van der Waals surface area contributed by atoms with Crippen molar-refractivity contribution in [1.29, 1.82) is 0 Å². The first-order valence-corrected chi connectivity index (χ1v) is 8.69. The second-order valence-corrected chi connectivity index (χ2v) is 7.15. The van der Waals surface area contributed by atoms with E-state index in [0.29, 0.717) is 29.2 Å². The molecule has 3 heterocycles. The van der Waals surface area contributed by atoms with Crippen molar-refractivity contribution in [2.75, 3.05) is 6.54 Å². The Morgan fingerprint density at radius 2 is 2.17 bits per heavy atom. The average molecular weight is 331 g/mol. The highest BCUT2D eigenvalue weighted by Gasteiger charge is 2.30. The van der Waals surface area contributed by atoms with E-state index in [-0.39, 0.29) is 23.2 Å². The maximum Gasteiger partial charge on any atom is 0.265 e. The number of furan rings is 1. The molecule has 0 bridgehead atoms. The van der Waals surface area contributed by atoms with Gasteiger partial charge in [-0.05, 0) is 39.0 Å². The van der Waals surface area contributed by atoms with E-state index in [4.69, 9.17) is 4.42 Å². The van der Waals surface area contributed by atoms with Gasteiger partial charge in [-0.2, -0.15) is 0 Å². The van der Waals surface area contributed by atoms with Gasteiger partial charge < -0.3 is 9.32 Å². The van der Waals surface area contributed by atoms with Crippen LogP contribution in [0.15, 0.2) is 15.5 Å². The summed E-state index contributed by atoms with van der Waals surface area (Å²) in [7, 11) is 0. The second kappa shape index (κ2) is 6.42. The van der Waals surface area contributed by atoms with Crippen LogP contribution in [0, 0.1) is 12.8 Å². The molecule has 0 radical (unpaired) electrons. The molecule has 0 aromatic carbocycles. The van der Waals surface area contributed by atoms with Crippen LogP contribution in [0.4, 0.5) is 0 Å². The highest BCUT2D eigenvalue weighted by molar-refractivity contribution is 6.06. The first-order valence-electron chi connectivity index (χ1n) is 8.69. The number of carbonyl (C=O) groups excluding carboxylic acids is 1. The van der Waals surface area contributed by atoms with Gasteiger partial charge in [0.2, 0.25) is 5.71 Å². The first kappa shape index (κ1) is 16.7. The van der Waals surface area contributed by atoms with E-state index in [1.54, 1.807) is 11.5 Å². The Bertz CT molecular complexity index is 819. The first-order chi connectivity index (χ1) is 11.4. The number of hydrogen-bond acceptors (Lipinski definition) is 4. The predicted molar refractivity (Wildman–Crippen MR) is 92.2 cm³/mol. The fourth-order valence-corrected chi connectivity index (χ4v) is 3.46. The molecule has 24 heavy (non-hydrogen) atoms. The van der Waals surface area contributed by atoms with Crippen LogP contribution < -0.4 is 5.56 Å². The summed E-state index contributed by atoms with van der Waals surface area (Å²) in [5, 5.41) is 0.318. The topological polar surface area (TPSA) is 68.3 Å². The number of carbonyl (C=O) groups is 1. The summed E-state index contributed by atoms with van der Waals surface area (Å²) in [6.45, 7) is 9.17. The van der Waals surface area contributed by atoms with Crippen molar-refractivity contribution >= 4 is 17.0 Å². The minimum atomic E-state index is -0.196. The molecule has 1 amide bonds. The SMILES string of the molecule is Cc1oc2ncn(CC(C)C)c(=O)c2c1C(=O)N1CCCC[C@H]1C. The maximum atomic E-state index is 13.1. The van der Waals surface area contributed by atoms with Crippen LogP contribution in [0.1, 0.15) is 56.2 Å². The quantitative estimate of drug-likeness (QED) is 0.867. The highest BCUT2D eigenvalue weighted by Crippen LogP contribution is 2.26. The van der Waals surface area contributed by atoms with Gasteiger partial charge in [0.05, 0.1) is 5.56 Å². The standard InChI is InChI=1S/C18H25N3O3/c1-11(2)9-20-10-19-16-15(17(20)22)14(13(4)24-16)18(23)21-8-6-5-7-12(21)3/h10-12H,5-9H2,1-4H3/t12-/m1/s1. The van der Waals surface area contributed by atoms with Gasteiger partial charge in [0.25, 0.3) is 11.5 Å². The van der Waals surface area contributed by atoms with Gasteiger partial charge in [0.1, 0.15) is 17.5 Å². The Morgan fingerprint density at radius 1 is 1.42 bits per heavy atom. The zero-order chi connectivity index (χ0) is 17.4. The predicted octanol–water partition coefficient (Wildman–Crippen LogP) is 2.97. The summed E-state index contributed by atoms with van der Waals surface area (Å²) in [6, 6.07) is 0.185. The lowest BCUT2D eigenvalue weighted by Gasteiger charge is -2.33. The number of aryl methyl sites for hydroxylation is 1. The lowest BCUT2D eigenvalue weighted by molar-refractivity contribution is 0.0635. The van der Waals surface area contributed by atoms with E-state index in [1.807, 2.05) is 18.7 Å². The van der Waals surface area contributed by atoms with Gasteiger partial charge in [0.15, 0.2) is 0 Å². The van der Waals surface area contributed by atoms with Crippen LogP contribution >= 0.6 is 0 Å². The third kappa shape index (κ3) is 2.85. The van der Waals surface area contributed by atoms with Crippen molar-refractivity contribution in [3.8, 4) is 0 Å². The zero-order valence-corrected chi connectivity index (χ0v) is 14.8. The number of amides is 1. The molecule has 0 spiro atoms. The number of piperidine rings is 1. The Hall–Kier alpha value is -2.11. The summed E-state index contributed by atoms with van der Waals surface area (Å²) in [5.74, 6) is 0.676. The number of rotatable bonds is 3. The molecular weight excluding hydrogens is 306 g/mol. The summed E-state index contributed by atoms with van der Waals surface area (Å²) in [4.78, 5) is 32.1. The normalized spacial score (nSPS) is 18.5. The van der Waals surface area contributed by atoms with Gasteiger partial charge in [-0.1, -0.05) is 13.8 Å². The smallest absolute Gasteiger partial charge is 0.265 e. The van der Waals surface area contributed by atoms with Gasteiger partial charge in [0, 0.05) is 19.1 Å². The van der Waals surface area contributed by atoms with Crippen molar-refractivity contribution < 1.29 is 9.21 Å². The van der Waals surface area contributed by atoms with E-state index < -0.39 is 0 Å². The number of likely N-dealkylation sites (tertiary alicyclic amines) is 1. The molecule has 6 heteroatoms. The molecule has 1 fully saturated rings. The molecule has 6 nitrogen and oxygen atoms in total. The molecule has 1 aliphatic rings. The molecule has 0 unspecified atom stereocenters. The average Bonchev–Trinajstić information content (AvgIpc) is 2.86. The Labute approximate surface area is 141 Å². The fourth-order valence-electron chi connectivity index (χ4n) is 3.46. The second-order valence-electron chi connectivity index (χ2n) is 7.15. The largest absolute Gasteiger partial charge is 0.442 e. The summed E-state index contributed by atoms with van der Waals surface area (Å²) in [5.41, 5.74) is 0.443. The van der Waals surface area contributed by atoms with Gasteiger partial charge in [-0.3, -0.25) is 14.2 Å². The third-order valence-electron chi connectivity index (χ3n) is 4.69. The highest BCUT2D eigenvalue weighted by atomic mass is 16.3. The van der Waals surface area contributed by atoms with Crippen molar-refractivity contribution in [3.63, 3.8) is 0 Å². The summed E-state index contributed by atoms with van der Waals surface area (Å²) < 4.78 is 7.18. The zero-order valence-electron chi connectivity index (χ0n) is 14.8. The molecule has 1 atom stereocenters. The van der Waals surface area contributed by atoms with Crippen LogP contribution in [0.3, 0.4) is 0 Å². The van der Waals surface area contributed by atoms with Crippen LogP contribution in [-0.4, -0.2) is 32.9 Å². The molecule has 130 valence electrons. The Kier molecular flexibility index (Phi) is 4.47. The Balaban J connectivity index is 2.11. The fraction of sp³-hybridized carbons (Fsp3) is 0.611. The monoisotopic (exact) mass is 331 g/mol. The Morgan fingerprint density at radius 3 is 2.83 bits per heavy atom. The van der Waals surface area contributed by atoms with Gasteiger partial charge >= 0.3 is 0 Å². The molecule has 0 aliphatic carbocycles. The lowest BCUT2D eigenvalue weighted by Crippen LogP contribution is -2.42. The van der Waals surface area contributed by atoms with Crippen LogP contribution in [0.2, 0.25) is 0 Å². The van der Waals surface area contributed by atoms with Crippen LogP contribution in [0.25, 0.3) is 11.1 Å². The molecule has 3 rings (SSSR count). The molecule has 2 aromatic heterocycles. The van der Waals surface area contributed by atoms with E-state index in [1.165, 1.54) is 6.33 Å². The molecular formula is C18H25N3O3. The molecule has 1 aliphatic heterocycles. The van der Waals surface area contributed by atoms with Gasteiger partial charge in [-0.15, -0.1) is 0 Å². The van der Waals surface area contributed by atoms with Crippen molar-refractivity contribution in [1.82, 2.24) is 14.5 Å².